The molecule has 3 rings (SSSR count). The summed E-state index contributed by atoms with van der Waals surface area (Å²) in [4.78, 5) is 13.9. The molecule has 0 atom stereocenters. The van der Waals surface area contributed by atoms with Crippen molar-refractivity contribution in [2.75, 3.05) is 11.9 Å². The minimum Gasteiger partial charge on any atom is -0.356 e. The van der Waals surface area contributed by atoms with Crippen LogP contribution >= 0.6 is 23.2 Å². The Bertz CT molecular complexity index is 645. The van der Waals surface area contributed by atoms with E-state index in [-0.39, 0.29) is 16.0 Å². The van der Waals surface area contributed by atoms with Gasteiger partial charge in [-0.1, -0.05) is 11.6 Å². The maximum absolute atomic E-state index is 14.0. The van der Waals surface area contributed by atoms with Gasteiger partial charge in [-0.25, -0.2) is 14.4 Å². The summed E-state index contributed by atoms with van der Waals surface area (Å²) in [5.74, 6) is -0.0607. The Morgan fingerprint density at radius 3 is 2.68 bits per heavy atom. The Morgan fingerprint density at radius 1 is 1.32 bits per heavy atom. The monoisotopic (exact) mass is 300 g/mol. The van der Waals surface area contributed by atoms with E-state index in [0.717, 1.165) is 12.8 Å². The van der Waals surface area contributed by atoms with Gasteiger partial charge in [0.1, 0.15) is 11.3 Å². The van der Waals surface area contributed by atoms with E-state index in [1.54, 1.807) is 0 Å². The van der Waals surface area contributed by atoms with Crippen molar-refractivity contribution in [2.24, 2.45) is 0 Å². The largest absolute Gasteiger partial charge is 0.356 e. The van der Waals surface area contributed by atoms with Crippen LogP contribution in [0.1, 0.15) is 19.3 Å². The van der Waals surface area contributed by atoms with Crippen LogP contribution in [0.2, 0.25) is 10.4 Å². The lowest BCUT2D eigenvalue weighted by atomic mass is 9.92. The third-order valence-electron chi connectivity index (χ3n) is 3.55. The molecule has 0 radical (unpaired) electrons. The Labute approximate surface area is 119 Å². The number of pyridine rings is 1. The molecule has 0 saturated heterocycles. The van der Waals surface area contributed by atoms with E-state index >= 15 is 0 Å². The van der Waals surface area contributed by atoms with E-state index in [2.05, 4.69) is 15.0 Å². The van der Waals surface area contributed by atoms with Gasteiger partial charge in [0, 0.05) is 19.3 Å². The summed E-state index contributed by atoms with van der Waals surface area (Å²) in [5.41, 5.74) is 0.112. The van der Waals surface area contributed by atoms with Crippen molar-refractivity contribution in [1.82, 2.24) is 15.0 Å². The number of aromatic nitrogens is 3. The van der Waals surface area contributed by atoms with Crippen molar-refractivity contribution in [3.8, 4) is 0 Å². The highest BCUT2D eigenvalue weighted by atomic mass is 35.5. The highest BCUT2D eigenvalue weighted by molar-refractivity contribution is 6.30. The van der Waals surface area contributed by atoms with Gasteiger partial charge in [0.15, 0.2) is 11.0 Å². The fraction of sp³-hybridized carbons (Fsp3) is 0.417. The van der Waals surface area contributed by atoms with Crippen LogP contribution < -0.4 is 4.90 Å². The zero-order valence-electron chi connectivity index (χ0n) is 10.2. The van der Waals surface area contributed by atoms with E-state index < -0.39 is 5.82 Å². The van der Waals surface area contributed by atoms with Crippen molar-refractivity contribution in [2.45, 2.75) is 25.3 Å². The Balaban J connectivity index is 2.20. The van der Waals surface area contributed by atoms with E-state index in [1.165, 1.54) is 12.6 Å². The number of halogens is 3. The summed E-state index contributed by atoms with van der Waals surface area (Å²) in [6, 6.07) is 0.410. The third-order valence-corrected chi connectivity index (χ3v) is 3.98. The molecule has 0 aromatic carbocycles. The molecule has 1 saturated carbocycles. The van der Waals surface area contributed by atoms with E-state index in [4.69, 9.17) is 23.2 Å². The van der Waals surface area contributed by atoms with Gasteiger partial charge in [0.25, 0.3) is 0 Å². The quantitative estimate of drug-likeness (QED) is 0.629. The van der Waals surface area contributed by atoms with Gasteiger partial charge in [-0.05, 0) is 30.9 Å². The van der Waals surface area contributed by atoms with Crippen LogP contribution in [0.3, 0.4) is 0 Å². The summed E-state index contributed by atoms with van der Waals surface area (Å²) >= 11 is 11.5. The van der Waals surface area contributed by atoms with Gasteiger partial charge >= 0.3 is 0 Å². The zero-order chi connectivity index (χ0) is 13.6. The van der Waals surface area contributed by atoms with Crippen molar-refractivity contribution in [3.05, 3.63) is 22.5 Å². The lowest BCUT2D eigenvalue weighted by Gasteiger charge is -2.35. The Kier molecular flexibility index (Phi) is 3.19. The molecule has 0 amide bonds. The van der Waals surface area contributed by atoms with Crippen LogP contribution in [0.25, 0.3) is 10.9 Å². The minimum atomic E-state index is -0.660. The summed E-state index contributed by atoms with van der Waals surface area (Å²) in [6.45, 7) is 0. The van der Waals surface area contributed by atoms with Gasteiger partial charge in [-0.2, -0.15) is 4.98 Å². The average Bonchev–Trinajstić information content (AvgIpc) is 2.31. The van der Waals surface area contributed by atoms with Crippen LogP contribution in [0, 0.1) is 5.82 Å². The molecule has 1 fully saturated rings. The number of hydrogen-bond acceptors (Lipinski definition) is 4. The first kappa shape index (κ1) is 12.8. The molecule has 7 heteroatoms. The molecular formula is C12H11Cl2FN4. The van der Waals surface area contributed by atoms with Gasteiger partial charge in [0.05, 0.1) is 5.39 Å². The molecule has 2 aromatic rings. The summed E-state index contributed by atoms with van der Waals surface area (Å²) in [7, 11) is 1.93. The second-order valence-corrected chi connectivity index (χ2v) is 5.33. The molecule has 1 aliphatic carbocycles. The first-order valence-corrected chi connectivity index (χ1v) is 6.73. The average molecular weight is 301 g/mol. The van der Waals surface area contributed by atoms with Crippen LogP contribution in [-0.4, -0.2) is 28.0 Å². The van der Waals surface area contributed by atoms with Gasteiger partial charge in [-0.3, -0.25) is 0 Å². The third kappa shape index (κ3) is 2.11. The van der Waals surface area contributed by atoms with Gasteiger partial charge in [-0.15, -0.1) is 0 Å². The van der Waals surface area contributed by atoms with Gasteiger partial charge in [0.2, 0.25) is 5.28 Å². The van der Waals surface area contributed by atoms with E-state index in [0.29, 0.717) is 17.2 Å². The molecule has 0 N–H and O–H groups in total. The first-order chi connectivity index (χ1) is 9.08. The highest BCUT2D eigenvalue weighted by Crippen LogP contribution is 2.33. The smallest absolute Gasteiger partial charge is 0.225 e. The number of fused-ring (bicyclic) bond motifs is 1. The van der Waals surface area contributed by atoms with E-state index in [9.17, 15) is 4.39 Å². The maximum Gasteiger partial charge on any atom is 0.225 e. The summed E-state index contributed by atoms with van der Waals surface area (Å²) < 4.78 is 14.0. The lowest BCUT2D eigenvalue weighted by Crippen LogP contribution is -2.37. The normalized spacial score (nSPS) is 15.6. The molecule has 0 unspecified atom stereocenters. The molecule has 4 nitrogen and oxygen atoms in total. The molecule has 19 heavy (non-hydrogen) atoms. The Hall–Kier alpha value is -1.20. The second kappa shape index (κ2) is 4.72. The summed E-state index contributed by atoms with van der Waals surface area (Å²) in [5, 5.41) is 0.329. The van der Waals surface area contributed by atoms with Crippen LogP contribution in [0.15, 0.2) is 6.20 Å². The first-order valence-electron chi connectivity index (χ1n) is 5.98. The molecule has 2 aromatic heterocycles. The molecule has 2 heterocycles. The molecule has 1 aliphatic rings. The Morgan fingerprint density at radius 2 is 2.05 bits per heavy atom. The van der Waals surface area contributed by atoms with E-state index in [1.807, 2.05) is 11.9 Å². The van der Waals surface area contributed by atoms with Crippen molar-refractivity contribution in [1.29, 1.82) is 0 Å². The number of rotatable bonds is 2. The van der Waals surface area contributed by atoms with Crippen LogP contribution in [0.5, 0.6) is 0 Å². The fourth-order valence-corrected chi connectivity index (χ4v) is 2.51. The molecule has 0 aliphatic heterocycles. The van der Waals surface area contributed by atoms with Crippen LogP contribution in [-0.2, 0) is 0 Å². The minimum absolute atomic E-state index is 0.00911. The van der Waals surface area contributed by atoms with Crippen LogP contribution in [0.4, 0.5) is 10.2 Å². The van der Waals surface area contributed by atoms with Crippen molar-refractivity contribution >= 4 is 39.9 Å². The number of anilines is 1. The summed E-state index contributed by atoms with van der Waals surface area (Å²) in [6.07, 6.45) is 4.89. The standard InChI is InChI=1S/C12H11Cl2FN4/c1-19(6-3-2-4-6)11-7-5-16-10(13)8(15)9(7)17-12(14)18-11/h5-6H,2-4H2,1H3. The topological polar surface area (TPSA) is 41.9 Å². The number of nitrogens with zero attached hydrogens (tertiary/aromatic N) is 4. The fourth-order valence-electron chi connectivity index (χ4n) is 2.21. The lowest BCUT2D eigenvalue weighted by molar-refractivity contribution is 0.400. The predicted octanol–water partition coefficient (Wildman–Crippen LogP) is 3.46. The second-order valence-electron chi connectivity index (χ2n) is 4.64. The molecule has 0 bridgehead atoms. The predicted molar refractivity (Wildman–Crippen MR) is 73.4 cm³/mol. The van der Waals surface area contributed by atoms with Crippen molar-refractivity contribution in [3.63, 3.8) is 0 Å². The molecule has 100 valence electrons. The molecule has 0 spiro atoms. The number of hydrogen-bond donors (Lipinski definition) is 0. The maximum atomic E-state index is 14.0. The SMILES string of the molecule is CN(c1nc(Cl)nc2c(F)c(Cl)ncc12)C1CCC1. The van der Waals surface area contributed by atoms with Gasteiger partial charge < -0.3 is 4.90 Å². The van der Waals surface area contributed by atoms with Crippen molar-refractivity contribution < 1.29 is 4.39 Å². The molecular weight excluding hydrogens is 290 g/mol. The highest BCUT2D eigenvalue weighted by Gasteiger charge is 2.26. The zero-order valence-corrected chi connectivity index (χ0v) is 11.7.